The van der Waals surface area contributed by atoms with Gasteiger partial charge in [-0.25, -0.2) is 0 Å². The number of nitrogens with zero attached hydrogens (tertiary/aromatic N) is 1. The standard InChI is InChI=1S/C15H12N2O3/c18-13-7-3-6-12(14(19)16-13)15(20)17-8-10-4-1-2-5-11(10)9-17/h1-7H,8-9H2,(H,16,18,19). The number of H-pyrrole nitrogens is 1. The normalized spacial score (nSPS) is 13.1. The average Bonchev–Trinajstić information content (AvgIpc) is 2.79. The molecule has 1 aliphatic heterocycles. The maximum atomic E-state index is 12.4. The van der Waals surface area contributed by atoms with Gasteiger partial charge in [-0.2, -0.15) is 0 Å². The third kappa shape index (κ3) is 2.14. The molecule has 20 heavy (non-hydrogen) atoms. The molecule has 0 aliphatic carbocycles. The van der Waals surface area contributed by atoms with Crippen molar-refractivity contribution in [2.24, 2.45) is 0 Å². The Balaban J connectivity index is 1.95. The van der Waals surface area contributed by atoms with Gasteiger partial charge in [-0.05, 0) is 17.2 Å². The number of carbonyl (C=O) groups excluding carboxylic acids is 1. The summed E-state index contributed by atoms with van der Waals surface area (Å²) in [5, 5.41) is 0. The molecule has 5 nitrogen and oxygen atoms in total. The lowest BCUT2D eigenvalue weighted by molar-refractivity contribution is 0.0750. The zero-order valence-electron chi connectivity index (χ0n) is 10.6. The Morgan fingerprint density at radius 3 is 2.25 bits per heavy atom. The topological polar surface area (TPSA) is 70.2 Å². The van der Waals surface area contributed by atoms with Crippen molar-refractivity contribution in [3.8, 4) is 0 Å². The second-order valence-corrected chi connectivity index (χ2v) is 4.69. The third-order valence-corrected chi connectivity index (χ3v) is 3.35. The van der Waals surface area contributed by atoms with E-state index in [1.807, 2.05) is 24.3 Å². The summed E-state index contributed by atoms with van der Waals surface area (Å²) in [5.74, 6) is -0.363. The number of hydrogen-bond donors (Lipinski definition) is 1. The molecule has 1 aromatic carbocycles. The van der Waals surface area contributed by atoms with Crippen LogP contribution in [-0.2, 0) is 13.1 Å². The lowest BCUT2D eigenvalue weighted by Crippen LogP contribution is -2.31. The predicted octanol–water partition coefficient (Wildman–Crippen LogP) is 0.891. The van der Waals surface area contributed by atoms with Crippen molar-refractivity contribution < 1.29 is 4.79 Å². The molecule has 0 unspecified atom stereocenters. The van der Waals surface area contributed by atoms with Crippen molar-refractivity contribution in [2.75, 3.05) is 0 Å². The Morgan fingerprint density at radius 2 is 1.60 bits per heavy atom. The number of rotatable bonds is 1. The van der Waals surface area contributed by atoms with E-state index in [0.717, 1.165) is 11.1 Å². The van der Waals surface area contributed by atoms with Crippen molar-refractivity contribution in [2.45, 2.75) is 13.1 Å². The average molecular weight is 268 g/mol. The number of hydrogen-bond acceptors (Lipinski definition) is 3. The molecule has 2 aromatic rings. The van der Waals surface area contributed by atoms with Crippen LogP contribution in [0.3, 0.4) is 0 Å². The van der Waals surface area contributed by atoms with Crippen LogP contribution < -0.4 is 11.1 Å². The maximum Gasteiger partial charge on any atom is 0.263 e. The molecule has 2 heterocycles. The van der Waals surface area contributed by atoms with Crippen molar-refractivity contribution in [3.63, 3.8) is 0 Å². The molecule has 0 spiro atoms. The summed E-state index contributed by atoms with van der Waals surface area (Å²) in [6, 6.07) is 11.8. The van der Waals surface area contributed by atoms with E-state index in [9.17, 15) is 14.4 Å². The molecule has 1 N–H and O–H groups in total. The van der Waals surface area contributed by atoms with E-state index in [-0.39, 0.29) is 11.5 Å². The fourth-order valence-electron chi connectivity index (χ4n) is 2.34. The van der Waals surface area contributed by atoms with Crippen LogP contribution in [0.25, 0.3) is 0 Å². The summed E-state index contributed by atoms with van der Waals surface area (Å²) >= 11 is 0. The third-order valence-electron chi connectivity index (χ3n) is 3.35. The lowest BCUT2D eigenvalue weighted by atomic mass is 10.1. The smallest absolute Gasteiger partial charge is 0.263 e. The van der Waals surface area contributed by atoms with Gasteiger partial charge in [0.1, 0.15) is 5.56 Å². The fraction of sp³-hybridized carbons (Fsp3) is 0.133. The summed E-state index contributed by atoms with van der Waals surface area (Å²) in [6.07, 6.45) is 0. The second kappa shape index (κ2) is 4.77. The van der Waals surface area contributed by atoms with Crippen molar-refractivity contribution in [1.82, 2.24) is 9.88 Å². The SMILES string of the molecule is O=C(c1cccc(=O)[nH]c1=O)N1Cc2ccccc2C1. The van der Waals surface area contributed by atoms with Gasteiger partial charge in [0.15, 0.2) is 0 Å². The maximum absolute atomic E-state index is 12.4. The Morgan fingerprint density at radius 1 is 0.950 bits per heavy atom. The van der Waals surface area contributed by atoms with Crippen LogP contribution in [0.2, 0.25) is 0 Å². The first kappa shape index (κ1) is 12.3. The van der Waals surface area contributed by atoms with Gasteiger partial charge in [0, 0.05) is 19.2 Å². The van der Waals surface area contributed by atoms with Gasteiger partial charge < -0.3 is 4.90 Å². The summed E-state index contributed by atoms with van der Waals surface area (Å²) < 4.78 is 0. The van der Waals surface area contributed by atoms with E-state index in [1.54, 1.807) is 4.90 Å². The Hall–Kier alpha value is -2.69. The van der Waals surface area contributed by atoms with E-state index >= 15 is 0 Å². The zero-order chi connectivity index (χ0) is 14.1. The highest BCUT2D eigenvalue weighted by molar-refractivity contribution is 5.94. The van der Waals surface area contributed by atoms with Gasteiger partial charge in [-0.3, -0.25) is 19.4 Å². The minimum absolute atomic E-state index is 0.0140. The van der Waals surface area contributed by atoms with Crippen LogP contribution in [0.5, 0.6) is 0 Å². The summed E-state index contributed by atoms with van der Waals surface area (Å²) in [6.45, 7) is 0.967. The van der Waals surface area contributed by atoms with Crippen LogP contribution in [-0.4, -0.2) is 15.8 Å². The molecule has 0 bridgehead atoms. The quantitative estimate of drug-likeness (QED) is 0.835. The van der Waals surface area contributed by atoms with Gasteiger partial charge in [0.05, 0.1) is 0 Å². The number of amides is 1. The molecule has 0 fully saturated rings. The summed E-state index contributed by atoms with van der Waals surface area (Å²) in [5.41, 5.74) is 0.990. The van der Waals surface area contributed by atoms with Crippen LogP contribution in [0, 0.1) is 0 Å². The van der Waals surface area contributed by atoms with Crippen LogP contribution in [0.15, 0.2) is 52.1 Å². The zero-order valence-corrected chi connectivity index (χ0v) is 10.6. The highest BCUT2D eigenvalue weighted by atomic mass is 16.2. The first-order valence-electron chi connectivity index (χ1n) is 6.25. The van der Waals surface area contributed by atoms with Gasteiger partial charge in [-0.1, -0.05) is 30.3 Å². The van der Waals surface area contributed by atoms with Gasteiger partial charge in [0.25, 0.3) is 17.0 Å². The number of aromatic nitrogens is 1. The molecule has 3 rings (SSSR count). The van der Waals surface area contributed by atoms with E-state index in [0.29, 0.717) is 13.1 Å². The minimum atomic E-state index is -0.652. The fourth-order valence-corrected chi connectivity index (χ4v) is 2.34. The molecule has 1 amide bonds. The van der Waals surface area contributed by atoms with E-state index < -0.39 is 11.1 Å². The van der Waals surface area contributed by atoms with Crippen LogP contribution >= 0.6 is 0 Å². The molecule has 0 saturated heterocycles. The van der Waals surface area contributed by atoms with Crippen molar-refractivity contribution in [3.05, 3.63) is 79.9 Å². The molecule has 1 aliphatic rings. The van der Waals surface area contributed by atoms with E-state index in [2.05, 4.69) is 4.98 Å². The largest absolute Gasteiger partial charge is 0.330 e. The van der Waals surface area contributed by atoms with Gasteiger partial charge in [-0.15, -0.1) is 0 Å². The van der Waals surface area contributed by atoms with Crippen LogP contribution in [0.4, 0.5) is 0 Å². The lowest BCUT2D eigenvalue weighted by Gasteiger charge is -2.13. The van der Waals surface area contributed by atoms with Gasteiger partial charge in [0.2, 0.25) is 0 Å². The molecule has 0 saturated carbocycles. The molecule has 1 aromatic heterocycles. The highest BCUT2D eigenvalue weighted by Crippen LogP contribution is 2.23. The van der Waals surface area contributed by atoms with Crippen molar-refractivity contribution in [1.29, 1.82) is 0 Å². The molecule has 0 radical (unpaired) electrons. The van der Waals surface area contributed by atoms with E-state index in [1.165, 1.54) is 18.2 Å². The molecule has 0 atom stereocenters. The number of benzene rings is 1. The molecule has 100 valence electrons. The number of aromatic amines is 1. The molecule has 5 heteroatoms. The minimum Gasteiger partial charge on any atom is -0.330 e. The van der Waals surface area contributed by atoms with Gasteiger partial charge >= 0.3 is 0 Å². The second-order valence-electron chi connectivity index (χ2n) is 4.69. The Bertz CT molecular complexity index is 770. The van der Waals surface area contributed by atoms with Crippen LogP contribution in [0.1, 0.15) is 21.5 Å². The first-order valence-corrected chi connectivity index (χ1v) is 6.25. The van der Waals surface area contributed by atoms with E-state index in [4.69, 9.17) is 0 Å². The molecular weight excluding hydrogens is 256 g/mol. The Labute approximate surface area is 114 Å². The predicted molar refractivity (Wildman–Crippen MR) is 73.4 cm³/mol. The first-order chi connectivity index (χ1) is 9.65. The Kier molecular flexibility index (Phi) is 2.95. The van der Waals surface area contributed by atoms with Crippen molar-refractivity contribution >= 4 is 5.91 Å². The summed E-state index contributed by atoms with van der Waals surface area (Å²) in [4.78, 5) is 39.1. The number of nitrogens with one attached hydrogen (secondary N) is 1. The number of carbonyl (C=O) groups is 1. The monoisotopic (exact) mass is 268 g/mol. The summed E-state index contributed by atoms with van der Waals surface area (Å²) in [7, 11) is 0. The highest BCUT2D eigenvalue weighted by Gasteiger charge is 2.25. The number of fused-ring (bicyclic) bond motifs is 1. The molecular formula is C15H12N2O3.